The maximum Gasteiger partial charge on any atom is 0.303 e. The Hall–Kier alpha value is -0.610. The molecule has 0 spiro atoms. The molecule has 2 unspecified atom stereocenters. The first-order chi connectivity index (χ1) is 19.0. The second kappa shape index (κ2) is 35.4. The van der Waals surface area contributed by atoms with Crippen molar-refractivity contribution in [3.8, 4) is 0 Å². The highest BCUT2D eigenvalue weighted by molar-refractivity contribution is 5.66. The summed E-state index contributed by atoms with van der Waals surface area (Å²) in [7, 11) is 0. The van der Waals surface area contributed by atoms with Crippen LogP contribution in [-0.4, -0.2) is 34.0 Å². The summed E-state index contributed by atoms with van der Waals surface area (Å²) in [5.41, 5.74) is 0. The SMILES string of the molecule is CC(O)CCCCO.CCCCCCCCCCCCCCC(CCCCCCCCCCCC)CC(=O)O. The van der Waals surface area contributed by atoms with Crippen molar-refractivity contribution in [1.29, 1.82) is 0 Å². The summed E-state index contributed by atoms with van der Waals surface area (Å²) >= 11 is 0. The predicted octanol–water partition coefficient (Wildman–Crippen LogP) is 11.0. The number of hydrogen-bond donors (Lipinski definition) is 3. The molecule has 0 aromatic carbocycles. The van der Waals surface area contributed by atoms with Crippen LogP contribution in [0.5, 0.6) is 0 Å². The first-order valence-electron chi connectivity index (χ1n) is 17.5. The van der Waals surface area contributed by atoms with E-state index in [2.05, 4.69) is 13.8 Å². The van der Waals surface area contributed by atoms with Gasteiger partial charge in [-0.2, -0.15) is 0 Å². The summed E-state index contributed by atoms with van der Waals surface area (Å²) in [6.45, 7) is 6.56. The van der Waals surface area contributed by atoms with Gasteiger partial charge in [-0.15, -0.1) is 0 Å². The zero-order valence-electron chi connectivity index (χ0n) is 26.9. The van der Waals surface area contributed by atoms with Crippen molar-refractivity contribution in [1.82, 2.24) is 0 Å². The summed E-state index contributed by atoms with van der Waals surface area (Å²) in [5, 5.41) is 26.2. The first-order valence-corrected chi connectivity index (χ1v) is 17.5. The molecular formula is C35H72O4. The maximum atomic E-state index is 11.2. The smallest absolute Gasteiger partial charge is 0.303 e. The van der Waals surface area contributed by atoms with E-state index in [1.807, 2.05) is 0 Å². The van der Waals surface area contributed by atoms with Gasteiger partial charge in [0.2, 0.25) is 0 Å². The first kappa shape index (κ1) is 40.5. The summed E-state index contributed by atoms with van der Waals surface area (Å²) < 4.78 is 0. The molecule has 0 aliphatic rings. The van der Waals surface area contributed by atoms with Crippen LogP contribution in [0, 0.1) is 5.92 Å². The number of rotatable bonds is 30. The summed E-state index contributed by atoms with van der Waals surface area (Å²) in [6, 6.07) is 0. The Morgan fingerprint density at radius 3 is 1.10 bits per heavy atom. The van der Waals surface area contributed by atoms with Crippen LogP contribution in [0.1, 0.15) is 201 Å². The van der Waals surface area contributed by atoms with E-state index in [9.17, 15) is 9.90 Å². The van der Waals surface area contributed by atoms with Crippen molar-refractivity contribution in [2.75, 3.05) is 6.61 Å². The van der Waals surface area contributed by atoms with Gasteiger partial charge in [-0.25, -0.2) is 0 Å². The summed E-state index contributed by atoms with van der Waals surface area (Å²) in [6.07, 6.45) is 35.0. The molecule has 4 nitrogen and oxygen atoms in total. The lowest BCUT2D eigenvalue weighted by atomic mass is 9.91. The van der Waals surface area contributed by atoms with Gasteiger partial charge in [-0.1, -0.05) is 155 Å². The molecule has 2 atom stereocenters. The van der Waals surface area contributed by atoms with Gasteiger partial charge < -0.3 is 15.3 Å². The standard InChI is InChI=1S/C29H58O2.C6H14O2/c1-3-5-7-9-11-13-15-16-18-20-22-24-26-28(27-29(30)31)25-23-21-19-17-14-12-10-8-6-4-2;1-6(8)4-2-3-5-7/h28H,3-27H2,1-2H3,(H,30,31);6-8H,2-5H2,1H3. The average molecular weight is 557 g/mol. The second-order valence-corrected chi connectivity index (χ2v) is 12.2. The Labute approximate surface area is 245 Å². The maximum absolute atomic E-state index is 11.2. The lowest BCUT2D eigenvalue weighted by molar-refractivity contribution is -0.138. The lowest BCUT2D eigenvalue weighted by Gasteiger charge is -2.14. The quantitative estimate of drug-likeness (QED) is 0.0769. The fourth-order valence-corrected chi connectivity index (χ4v) is 5.34. The molecule has 39 heavy (non-hydrogen) atoms. The minimum absolute atomic E-state index is 0.207. The predicted molar refractivity (Wildman–Crippen MR) is 171 cm³/mol. The lowest BCUT2D eigenvalue weighted by Crippen LogP contribution is -2.08. The molecule has 0 saturated heterocycles. The monoisotopic (exact) mass is 557 g/mol. The van der Waals surface area contributed by atoms with Gasteiger partial charge in [0.05, 0.1) is 6.10 Å². The largest absolute Gasteiger partial charge is 0.481 e. The van der Waals surface area contributed by atoms with Crippen molar-refractivity contribution in [2.24, 2.45) is 5.92 Å². The molecule has 0 aliphatic carbocycles. The number of unbranched alkanes of at least 4 members (excludes halogenated alkanes) is 21. The Balaban J connectivity index is 0. The molecule has 0 saturated carbocycles. The molecule has 0 rings (SSSR count). The molecular weight excluding hydrogens is 484 g/mol. The number of aliphatic hydroxyl groups excluding tert-OH is 2. The highest BCUT2D eigenvalue weighted by Crippen LogP contribution is 2.22. The third kappa shape index (κ3) is 39.6. The molecule has 0 bridgehead atoms. The number of aliphatic hydroxyl groups is 2. The normalized spacial score (nSPS) is 12.6. The molecule has 0 fully saturated rings. The average Bonchev–Trinajstić information content (AvgIpc) is 2.90. The van der Waals surface area contributed by atoms with Gasteiger partial charge in [0, 0.05) is 13.0 Å². The summed E-state index contributed by atoms with van der Waals surface area (Å²) in [4.78, 5) is 11.2. The van der Waals surface area contributed by atoms with Crippen molar-refractivity contribution >= 4 is 5.97 Å². The Morgan fingerprint density at radius 1 is 0.513 bits per heavy atom. The number of aliphatic carboxylic acids is 1. The van der Waals surface area contributed by atoms with Gasteiger partial charge in [-0.05, 0) is 44.9 Å². The Bertz CT molecular complexity index is 452. The number of carbonyl (C=O) groups is 1. The van der Waals surface area contributed by atoms with E-state index in [0.29, 0.717) is 12.3 Å². The van der Waals surface area contributed by atoms with Crippen LogP contribution in [0.3, 0.4) is 0 Å². The van der Waals surface area contributed by atoms with Crippen molar-refractivity contribution in [3.05, 3.63) is 0 Å². The van der Waals surface area contributed by atoms with Crippen LogP contribution < -0.4 is 0 Å². The number of carboxylic acids is 1. The molecule has 3 N–H and O–H groups in total. The minimum Gasteiger partial charge on any atom is -0.481 e. The van der Waals surface area contributed by atoms with E-state index in [-0.39, 0.29) is 12.7 Å². The zero-order valence-corrected chi connectivity index (χ0v) is 26.9. The Kier molecular flexibility index (Phi) is 36.8. The fourth-order valence-electron chi connectivity index (χ4n) is 5.34. The number of carboxylic acid groups (broad SMARTS) is 1. The van der Waals surface area contributed by atoms with E-state index < -0.39 is 5.97 Å². The van der Waals surface area contributed by atoms with E-state index in [1.54, 1.807) is 6.92 Å². The number of hydrogen-bond acceptors (Lipinski definition) is 3. The molecule has 0 aliphatic heterocycles. The van der Waals surface area contributed by atoms with Gasteiger partial charge >= 0.3 is 5.97 Å². The van der Waals surface area contributed by atoms with Crippen LogP contribution in [0.4, 0.5) is 0 Å². The third-order valence-electron chi connectivity index (χ3n) is 7.93. The summed E-state index contributed by atoms with van der Waals surface area (Å²) in [5.74, 6) is -0.189. The molecule has 0 heterocycles. The van der Waals surface area contributed by atoms with Gasteiger partial charge in [0.25, 0.3) is 0 Å². The fraction of sp³-hybridized carbons (Fsp3) is 0.971. The topological polar surface area (TPSA) is 77.8 Å². The van der Waals surface area contributed by atoms with E-state index in [0.717, 1.165) is 32.1 Å². The van der Waals surface area contributed by atoms with Crippen LogP contribution in [0.15, 0.2) is 0 Å². The van der Waals surface area contributed by atoms with Gasteiger partial charge in [0.1, 0.15) is 0 Å². The van der Waals surface area contributed by atoms with E-state index in [4.69, 9.17) is 10.2 Å². The molecule has 0 aromatic rings. The highest BCUT2D eigenvalue weighted by Gasteiger charge is 2.12. The van der Waals surface area contributed by atoms with Crippen molar-refractivity contribution < 1.29 is 20.1 Å². The van der Waals surface area contributed by atoms with Crippen LogP contribution in [0.2, 0.25) is 0 Å². The van der Waals surface area contributed by atoms with E-state index in [1.165, 1.54) is 141 Å². The van der Waals surface area contributed by atoms with Crippen LogP contribution >= 0.6 is 0 Å². The van der Waals surface area contributed by atoms with Crippen molar-refractivity contribution in [3.63, 3.8) is 0 Å². The third-order valence-corrected chi connectivity index (χ3v) is 7.93. The molecule has 4 heteroatoms. The molecule has 0 radical (unpaired) electrons. The molecule has 236 valence electrons. The van der Waals surface area contributed by atoms with Crippen molar-refractivity contribution in [2.45, 2.75) is 207 Å². The van der Waals surface area contributed by atoms with Crippen LogP contribution in [0.25, 0.3) is 0 Å². The van der Waals surface area contributed by atoms with Gasteiger partial charge in [-0.3, -0.25) is 4.79 Å². The van der Waals surface area contributed by atoms with Crippen LogP contribution in [-0.2, 0) is 4.79 Å². The Morgan fingerprint density at radius 2 is 0.821 bits per heavy atom. The molecule has 0 aromatic heterocycles. The molecule has 0 amide bonds. The van der Waals surface area contributed by atoms with Gasteiger partial charge in [0.15, 0.2) is 0 Å². The van der Waals surface area contributed by atoms with E-state index >= 15 is 0 Å². The minimum atomic E-state index is -0.601. The zero-order chi connectivity index (χ0) is 29.2. The highest BCUT2D eigenvalue weighted by atomic mass is 16.4. The second-order valence-electron chi connectivity index (χ2n) is 12.2.